The molecule has 2 aromatic rings. The molecule has 0 aliphatic carbocycles. The molecule has 0 aromatic heterocycles. The van der Waals surface area contributed by atoms with Gasteiger partial charge in [0.15, 0.2) is 0 Å². The summed E-state index contributed by atoms with van der Waals surface area (Å²) in [6.45, 7) is 6.50. The van der Waals surface area contributed by atoms with E-state index in [1.807, 2.05) is 38.1 Å². The second-order valence-corrected chi connectivity index (χ2v) is 7.80. The number of aliphatic hydroxyl groups is 1. The lowest BCUT2D eigenvalue weighted by Crippen LogP contribution is -2.38. The number of β-amino-alcohol motifs (C(OH)–C–C–N with tert-alkyl or cyclic N) is 1. The predicted octanol–water partition coefficient (Wildman–Crippen LogP) is 4.48. The number of carbonyl (C=O) groups is 2. The number of para-hydroxylation sites is 2. The molecule has 1 aliphatic heterocycles. The second-order valence-electron chi connectivity index (χ2n) is 7.80. The van der Waals surface area contributed by atoms with Crippen LogP contribution < -0.4 is 10.6 Å². The van der Waals surface area contributed by atoms with E-state index >= 15 is 0 Å². The minimum Gasteiger partial charge on any atom is -0.465 e. The van der Waals surface area contributed by atoms with E-state index in [4.69, 9.17) is 9.84 Å². The van der Waals surface area contributed by atoms with Crippen molar-refractivity contribution in [1.82, 2.24) is 4.90 Å². The smallest absolute Gasteiger partial charge is 0.411 e. The van der Waals surface area contributed by atoms with E-state index in [0.29, 0.717) is 12.2 Å². The van der Waals surface area contributed by atoms with Crippen molar-refractivity contribution in [2.45, 2.75) is 39.2 Å². The molecule has 0 saturated carbocycles. The van der Waals surface area contributed by atoms with Crippen LogP contribution in [0.15, 0.2) is 48.5 Å². The molecule has 4 N–H and O–H groups in total. The molecule has 8 heteroatoms. The Morgan fingerprint density at radius 1 is 0.969 bits per heavy atom. The summed E-state index contributed by atoms with van der Waals surface area (Å²) < 4.78 is 5.13. The number of carboxylic acid groups (broad SMARTS) is 1. The van der Waals surface area contributed by atoms with Gasteiger partial charge in [0.2, 0.25) is 0 Å². The quantitative estimate of drug-likeness (QED) is 0.524. The topological polar surface area (TPSA) is 111 Å². The molecule has 0 radical (unpaired) electrons. The number of rotatable bonds is 6. The van der Waals surface area contributed by atoms with E-state index in [0.717, 1.165) is 29.9 Å². The molecule has 1 fully saturated rings. The largest absolute Gasteiger partial charge is 0.465 e. The number of carbonyl (C=O) groups excluding carboxylic acids is 1. The maximum absolute atomic E-state index is 11.9. The number of piperidine rings is 1. The van der Waals surface area contributed by atoms with Gasteiger partial charge in [-0.05, 0) is 63.0 Å². The third-order valence-electron chi connectivity index (χ3n) is 5.06. The highest BCUT2D eigenvalue weighted by Crippen LogP contribution is 2.19. The SMILES string of the molecule is Cc1cccc(C)c1NC(=O)OCC(O)CN1CCCCC1.O=C(O)Nc1ccccc1. The number of aryl methyl sites for hydroxylation is 2. The molecule has 1 heterocycles. The number of hydrogen-bond acceptors (Lipinski definition) is 5. The first-order chi connectivity index (χ1) is 15.3. The van der Waals surface area contributed by atoms with E-state index < -0.39 is 18.3 Å². The van der Waals surface area contributed by atoms with Crippen molar-refractivity contribution in [3.63, 3.8) is 0 Å². The van der Waals surface area contributed by atoms with E-state index in [1.54, 1.807) is 24.3 Å². The summed E-state index contributed by atoms with van der Waals surface area (Å²) >= 11 is 0. The molecule has 2 amide bonds. The average Bonchev–Trinajstić information content (AvgIpc) is 2.76. The van der Waals surface area contributed by atoms with Crippen LogP contribution >= 0.6 is 0 Å². The van der Waals surface area contributed by atoms with Crippen molar-refractivity contribution in [2.75, 3.05) is 36.9 Å². The number of benzene rings is 2. The fraction of sp³-hybridized carbons (Fsp3) is 0.417. The van der Waals surface area contributed by atoms with Gasteiger partial charge in [-0.3, -0.25) is 10.6 Å². The summed E-state index contributed by atoms with van der Waals surface area (Å²) in [5.41, 5.74) is 3.35. The van der Waals surface area contributed by atoms with Crippen molar-refractivity contribution >= 4 is 23.6 Å². The third-order valence-corrected chi connectivity index (χ3v) is 5.06. The molecule has 1 saturated heterocycles. The summed E-state index contributed by atoms with van der Waals surface area (Å²) in [6, 6.07) is 14.6. The van der Waals surface area contributed by atoms with Crippen molar-refractivity contribution in [3.05, 3.63) is 59.7 Å². The third kappa shape index (κ3) is 9.36. The van der Waals surface area contributed by atoms with Crippen LogP contribution in [-0.2, 0) is 4.74 Å². The molecule has 0 spiro atoms. The fourth-order valence-corrected chi connectivity index (χ4v) is 3.46. The number of nitrogens with one attached hydrogen (secondary N) is 2. The Morgan fingerprint density at radius 2 is 1.59 bits per heavy atom. The van der Waals surface area contributed by atoms with Crippen LogP contribution in [0.4, 0.5) is 21.0 Å². The lowest BCUT2D eigenvalue weighted by Gasteiger charge is -2.28. The highest BCUT2D eigenvalue weighted by atomic mass is 16.6. The van der Waals surface area contributed by atoms with E-state index in [2.05, 4.69) is 15.5 Å². The Bertz CT molecular complexity index is 834. The second kappa shape index (κ2) is 13.3. The van der Waals surface area contributed by atoms with Crippen molar-refractivity contribution in [1.29, 1.82) is 0 Å². The monoisotopic (exact) mass is 443 g/mol. The molecule has 3 rings (SSSR count). The molecular formula is C24H33N3O5. The summed E-state index contributed by atoms with van der Waals surface area (Å²) in [5.74, 6) is 0. The van der Waals surface area contributed by atoms with Gasteiger partial charge in [-0.2, -0.15) is 0 Å². The number of anilines is 2. The van der Waals surface area contributed by atoms with Gasteiger partial charge in [0.1, 0.15) is 12.7 Å². The highest BCUT2D eigenvalue weighted by Gasteiger charge is 2.16. The van der Waals surface area contributed by atoms with Crippen LogP contribution in [0.25, 0.3) is 0 Å². The molecule has 32 heavy (non-hydrogen) atoms. The number of nitrogens with zero attached hydrogens (tertiary/aromatic N) is 1. The number of ether oxygens (including phenoxy) is 1. The number of likely N-dealkylation sites (tertiary alicyclic amines) is 1. The van der Waals surface area contributed by atoms with Gasteiger partial charge in [0.05, 0.1) is 0 Å². The predicted molar refractivity (Wildman–Crippen MR) is 125 cm³/mol. The van der Waals surface area contributed by atoms with E-state index in [1.165, 1.54) is 19.3 Å². The summed E-state index contributed by atoms with van der Waals surface area (Å²) in [6.07, 6.45) is 1.44. The number of amides is 2. The first-order valence-electron chi connectivity index (χ1n) is 10.8. The molecular weight excluding hydrogens is 410 g/mol. The van der Waals surface area contributed by atoms with Crippen LogP contribution in [0.2, 0.25) is 0 Å². The Morgan fingerprint density at radius 3 is 2.19 bits per heavy atom. The molecule has 1 unspecified atom stereocenters. The Balaban J connectivity index is 0.000000303. The van der Waals surface area contributed by atoms with Crippen LogP contribution in [0.5, 0.6) is 0 Å². The van der Waals surface area contributed by atoms with Gasteiger partial charge in [-0.25, -0.2) is 9.59 Å². The zero-order chi connectivity index (χ0) is 23.3. The average molecular weight is 444 g/mol. The first kappa shape index (κ1) is 25.2. The molecule has 1 atom stereocenters. The van der Waals surface area contributed by atoms with Crippen molar-refractivity contribution in [3.8, 4) is 0 Å². The van der Waals surface area contributed by atoms with Crippen LogP contribution in [0.1, 0.15) is 30.4 Å². The van der Waals surface area contributed by atoms with Gasteiger partial charge in [0.25, 0.3) is 0 Å². The maximum atomic E-state index is 11.9. The molecule has 2 aromatic carbocycles. The van der Waals surface area contributed by atoms with Crippen LogP contribution in [0.3, 0.4) is 0 Å². The zero-order valence-electron chi connectivity index (χ0n) is 18.7. The lowest BCUT2D eigenvalue weighted by molar-refractivity contribution is 0.0437. The first-order valence-corrected chi connectivity index (χ1v) is 10.8. The van der Waals surface area contributed by atoms with E-state index in [-0.39, 0.29) is 6.61 Å². The van der Waals surface area contributed by atoms with Gasteiger partial charge in [0, 0.05) is 17.9 Å². The molecule has 174 valence electrons. The molecule has 1 aliphatic rings. The summed E-state index contributed by atoms with van der Waals surface area (Å²) in [4.78, 5) is 24.1. The van der Waals surface area contributed by atoms with Gasteiger partial charge in [-0.1, -0.05) is 42.8 Å². The number of aliphatic hydroxyl groups excluding tert-OH is 1. The summed E-state index contributed by atoms with van der Waals surface area (Å²) in [7, 11) is 0. The van der Waals surface area contributed by atoms with Crippen LogP contribution in [0, 0.1) is 13.8 Å². The summed E-state index contributed by atoms with van der Waals surface area (Å²) in [5, 5.41) is 23.2. The minimum atomic E-state index is -1.04. The van der Waals surface area contributed by atoms with Gasteiger partial charge in [-0.15, -0.1) is 0 Å². The molecule has 8 nitrogen and oxygen atoms in total. The maximum Gasteiger partial charge on any atom is 0.411 e. The Labute approximate surface area is 189 Å². The van der Waals surface area contributed by atoms with Crippen LogP contribution in [-0.4, -0.2) is 59.6 Å². The fourth-order valence-electron chi connectivity index (χ4n) is 3.46. The van der Waals surface area contributed by atoms with Gasteiger partial charge >= 0.3 is 12.2 Å². The van der Waals surface area contributed by atoms with Gasteiger partial charge < -0.3 is 19.8 Å². The minimum absolute atomic E-state index is 0.0211. The zero-order valence-corrected chi connectivity index (χ0v) is 18.7. The lowest BCUT2D eigenvalue weighted by atomic mass is 10.1. The number of hydrogen-bond donors (Lipinski definition) is 4. The Hall–Kier alpha value is -3.10. The highest BCUT2D eigenvalue weighted by molar-refractivity contribution is 5.86. The molecule has 0 bridgehead atoms. The van der Waals surface area contributed by atoms with Crippen molar-refractivity contribution in [2.24, 2.45) is 0 Å². The normalized spacial score (nSPS) is 14.5. The Kier molecular flexibility index (Phi) is 10.5. The van der Waals surface area contributed by atoms with Crippen molar-refractivity contribution < 1.29 is 24.5 Å². The van der Waals surface area contributed by atoms with E-state index in [9.17, 15) is 14.7 Å². The standard InChI is InChI=1S/C17H26N2O3.C7H7NO2/c1-13-7-6-8-14(2)16(13)18-17(21)22-12-15(20)11-19-9-4-3-5-10-19;9-7(10)8-6-4-2-1-3-5-6/h6-8,15,20H,3-5,9-12H2,1-2H3,(H,18,21);1-5,8H,(H,9,10).